The van der Waals surface area contributed by atoms with E-state index in [-0.39, 0.29) is 0 Å². The van der Waals surface area contributed by atoms with Gasteiger partial charge in [0.05, 0.1) is 23.8 Å². The van der Waals surface area contributed by atoms with Crippen molar-refractivity contribution in [2.45, 2.75) is 26.2 Å². The van der Waals surface area contributed by atoms with Crippen LogP contribution in [0.2, 0.25) is 19.6 Å². The van der Waals surface area contributed by atoms with Gasteiger partial charge in [-0.05, 0) is 37.8 Å². The maximum Gasteiger partial charge on any atom is 0.242 e. The smallest absolute Gasteiger partial charge is 0.242 e. The molecule has 1 aromatic heterocycles. The number of hydrogen-bond donors (Lipinski definition) is 0. The summed E-state index contributed by atoms with van der Waals surface area (Å²) in [4.78, 5) is 9.20. The Hall–Kier alpha value is -2.40. The highest BCUT2D eigenvalue weighted by molar-refractivity contribution is 6.70. The van der Waals surface area contributed by atoms with Crippen molar-refractivity contribution in [3.05, 3.63) is 59.9 Å². The number of nitrogens with zero attached hydrogens (tertiary/aromatic N) is 3. The normalized spacial score (nSPS) is 12.2. The lowest BCUT2D eigenvalue weighted by Gasteiger charge is -2.21. The monoisotopic (exact) mass is 337 g/mol. The molecule has 0 saturated carbocycles. The summed E-state index contributed by atoms with van der Waals surface area (Å²) in [6.07, 6.45) is 1.84. The maximum atomic E-state index is 6.15. The second-order valence-electron chi connectivity index (χ2n) is 6.81. The lowest BCUT2D eigenvalue weighted by Crippen LogP contribution is -2.29. The molecule has 3 rings (SSSR count). The van der Waals surface area contributed by atoms with E-state index in [1.54, 1.807) is 0 Å². The summed E-state index contributed by atoms with van der Waals surface area (Å²) in [5.41, 5.74) is 3.21. The predicted octanol–water partition coefficient (Wildman–Crippen LogP) is 4.41. The minimum absolute atomic E-state index is 0.587. The average Bonchev–Trinajstić information content (AvgIpc) is 2.84. The first kappa shape index (κ1) is 16.5. The second kappa shape index (κ2) is 6.61. The van der Waals surface area contributed by atoms with E-state index in [4.69, 9.17) is 4.43 Å². The molecule has 0 saturated heterocycles. The summed E-state index contributed by atoms with van der Waals surface area (Å²) >= 11 is 0. The predicted molar refractivity (Wildman–Crippen MR) is 102 cm³/mol. The summed E-state index contributed by atoms with van der Waals surface area (Å²) in [7, 11) is 0.381. The van der Waals surface area contributed by atoms with E-state index in [0.717, 1.165) is 28.2 Å². The van der Waals surface area contributed by atoms with Crippen molar-refractivity contribution in [3.8, 4) is 5.75 Å². The second-order valence-corrected chi connectivity index (χ2v) is 11.2. The molecule has 0 unspecified atom stereocenters. The van der Waals surface area contributed by atoms with Gasteiger partial charge in [-0.1, -0.05) is 30.3 Å². The summed E-state index contributed by atoms with van der Waals surface area (Å²) in [5.74, 6) is 1.80. The molecule has 4 nitrogen and oxygen atoms in total. The number of aromatic nitrogens is 2. The highest BCUT2D eigenvalue weighted by Gasteiger charge is 2.17. The van der Waals surface area contributed by atoms with Gasteiger partial charge in [0, 0.05) is 12.6 Å². The summed E-state index contributed by atoms with van der Waals surface area (Å²) in [5, 5.41) is 0. The molecule has 0 bridgehead atoms. The molecule has 2 aromatic carbocycles. The van der Waals surface area contributed by atoms with Gasteiger partial charge in [0.1, 0.15) is 5.75 Å². The molecule has 124 valence electrons. The SMILES string of the molecule is Cn1c(C=NCc2ccccc2O[Si](C)(C)C)nc2ccccc21. The van der Waals surface area contributed by atoms with Crippen LogP contribution in [0.15, 0.2) is 53.5 Å². The van der Waals surface area contributed by atoms with E-state index in [9.17, 15) is 0 Å². The zero-order valence-corrected chi connectivity index (χ0v) is 15.7. The lowest BCUT2D eigenvalue weighted by atomic mass is 10.2. The minimum Gasteiger partial charge on any atom is -0.544 e. The minimum atomic E-state index is -1.63. The van der Waals surface area contributed by atoms with E-state index >= 15 is 0 Å². The summed E-state index contributed by atoms with van der Waals surface area (Å²) in [6.45, 7) is 7.15. The molecule has 0 amide bonds. The standard InChI is InChI=1S/C19H23N3OSi/c1-22-17-11-7-6-10-16(17)21-19(22)14-20-13-15-9-5-8-12-18(15)23-24(2,3)4/h5-12,14H,13H2,1-4H3. The molecule has 5 heteroatoms. The van der Waals surface area contributed by atoms with Crippen LogP contribution in [0.4, 0.5) is 0 Å². The first-order valence-corrected chi connectivity index (χ1v) is 11.5. The number of fused-ring (bicyclic) bond motifs is 1. The highest BCUT2D eigenvalue weighted by Crippen LogP contribution is 2.22. The van der Waals surface area contributed by atoms with Crippen LogP contribution in [0.25, 0.3) is 11.0 Å². The molecular weight excluding hydrogens is 314 g/mol. The fourth-order valence-electron chi connectivity index (χ4n) is 2.57. The number of aliphatic imine (C=N–C) groups is 1. The zero-order valence-electron chi connectivity index (χ0n) is 14.7. The first-order chi connectivity index (χ1) is 11.4. The van der Waals surface area contributed by atoms with Crippen LogP contribution in [-0.2, 0) is 13.6 Å². The largest absolute Gasteiger partial charge is 0.544 e. The Morgan fingerprint density at radius 2 is 1.79 bits per heavy atom. The van der Waals surface area contributed by atoms with Crippen molar-refractivity contribution < 1.29 is 4.43 Å². The number of imidazole rings is 1. The first-order valence-electron chi connectivity index (χ1n) is 8.12. The highest BCUT2D eigenvalue weighted by atomic mass is 28.4. The van der Waals surface area contributed by atoms with E-state index in [1.807, 2.05) is 49.7 Å². The van der Waals surface area contributed by atoms with Gasteiger partial charge in [0.15, 0.2) is 5.82 Å². The van der Waals surface area contributed by atoms with Crippen LogP contribution in [0.1, 0.15) is 11.4 Å². The topological polar surface area (TPSA) is 39.4 Å². The molecule has 0 spiro atoms. The van der Waals surface area contributed by atoms with Crippen molar-refractivity contribution in [1.82, 2.24) is 9.55 Å². The third-order valence-electron chi connectivity index (χ3n) is 3.68. The Bertz CT molecular complexity index is 878. The van der Waals surface area contributed by atoms with Gasteiger partial charge in [-0.25, -0.2) is 4.98 Å². The third-order valence-corrected chi connectivity index (χ3v) is 4.51. The molecule has 0 aliphatic heterocycles. The van der Waals surface area contributed by atoms with Gasteiger partial charge in [0.2, 0.25) is 8.32 Å². The van der Waals surface area contributed by atoms with Crippen LogP contribution in [0.5, 0.6) is 5.75 Å². The van der Waals surface area contributed by atoms with Gasteiger partial charge in [-0.2, -0.15) is 0 Å². The maximum absolute atomic E-state index is 6.15. The molecule has 0 N–H and O–H groups in total. The van der Waals surface area contributed by atoms with Gasteiger partial charge in [0.25, 0.3) is 0 Å². The molecule has 24 heavy (non-hydrogen) atoms. The Balaban J connectivity index is 1.80. The van der Waals surface area contributed by atoms with E-state index in [0.29, 0.717) is 6.54 Å². The average molecular weight is 337 g/mol. The van der Waals surface area contributed by atoms with Crippen LogP contribution in [-0.4, -0.2) is 24.1 Å². The lowest BCUT2D eigenvalue weighted by molar-refractivity contribution is 0.549. The van der Waals surface area contributed by atoms with Crippen LogP contribution < -0.4 is 4.43 Å². The third kappa shape index (κ3) is 3.74. The number of rotatable bonds is 5. The molecule has 3 aromatic rings. The van der Waals surface area contributed by atoms with Crippen molar-refractivity contribution in [3.63, 3.8) is 0 Å². The Kier molecular flexibility index (Phi) is 4.53. The number of para-hydroxylation sites is 3. The summed E-state index contributed by atoms with van der Waals surface area (Å²) < 4.78 is 8.21. The molecular formula is C19H23N3OSi. The van der Waals surface area contributed by atoms with Crippen molar-refractivity contribution in [2.75, 3.05) is 0 Å². The molecule has 0 fully saturated rings. The van der Waals surface area contributed by atoms with Crippen molar-refractivity contribution in [2.24, 2.45) is 12.0 Å². The van der Waals surface area contributed by atoms with Crippen LogP contribution >= 0.6 is 0 Å². The molecule has 0 atom stereocenters. The number of aryl methyl sites for hydroxylation is 1. The zero-order chi connectivity index (χ0) is 17.2. The number of benzene rings is 2. The van der Waals surface area contributed by atoms with Crippen LogP contribution in [0.3, 0.4) is 0 Å². The molecule has 1 heterocycles. The van der Waals surface area contributed by atoms with Gasteiger partial charge < -0.3 is 8.99 Å². The molecule has 0 aliphatic rings. The number of hydrogen-bond acceptors (Lipinski definition) is 3. The Morgan fingerprint density at radius 1 is 1.08 bits per heavy atom. The van der Waals surface area contributed by atoms with Crippen molar-refractivity contribution >= 4 is 25.6 Å². The van der Waals surface area contributed by atoms with E-state index in [2.05, 4.69) is 46.3 Å². The van der Waals surface area contributed by atoms with Crippen molar-refractivity contribution in [1.29, 1.82) is 0 Å². The van der Waals surface area contributed by atoms with Gasteiger partial charge in [-0.3, -0.25) is 4.99 Å². The van der Waals surface area contributed by atoms with Gasteiger partial charge >= 0.3 is 0 Å². The van der Waals surface area contributed by atoms with Crippen LogP contribution in [0, 0.1) is 0 Å². The van der Waals surface area contributed by atoms with Gasteiger partial charge in [-0.15, -0.1) is 0 Å². The Morgan fingerprint density at radius 3 is 2.54 bits per heavy atom. The van der Waals surface area contributed by atoms with E-state index in [1.165, 1.54) is 0 Å². The fourth-order valence-corrected chi connectivity index (χ4v) is 3.43. The molecule has 0 radical (unpaired) electrons. The quantitative estimate of drug-likeness (QED) is 0.511. The molecule has 0 aliphatic carbocycles. The summed E-state index contributed by atoms with van der Waals surface area (Å²) in [6, 6.07) is 16.2. The fraction of sp³-hybridized carbons (Fsp3) is 0.263. The van der Waals surface area contributed by atoms with E-state index < -0.39 is 8.32 Å². The Labute approximate surface area is 144 Å².